The number of nitriles is 2. The van der Waals surface area contributed by atoms with Crippen LogP contribution in [-0.4, -0.2) is 9.13 Å². The minimum absolute atomic E-state index is 0.589. The maximum Gasteiger partial charge on any atom is 0.102 e. The second-order valence-corrected chi connectivity index (χ2v) is 11.9. The third kappa shape index (κ3) is 4.01. The number of hydrogen-bond acceptors (Lipinski definition) is 2. The van der Waals surface area contributed by atoms with E-state index in [1.54, 1.807) is 0 Å². The van der Waals surface area contributed by atoms with Gasteiger partial charge < -0.3 is 9.13 Å². The zero-order valence-corrected chi connectivity index (χ0v) is 25.8. The summed E-state index contributed by atoms with van der Waals surface area (Å²) >= 11 is 0. The van der Waals surface area contributed by atoms with Gasteiger partial charge in [-0.25, -0.2) is 0 Å². The summed E-state index contributed by atoms with van der Waals surface area (Å²) < 4.78 is 4.51. The first-order valence-electron chi connectivity index (χ1n) is 15.9. The molecule has 7 aromatic carbocycles. The minimum atomic E-state index is 0.589. The van der Waals surface area contributed by atoms with Crippen molar-refractivity contribution >= 4 is 43.6 Å². The van der Waals surface area contributed by atoms with Crippen molar-refractivity contribution in [3.05, 3.63) is 169 Å². The highest BCUT2D eigenvalue weighted by molar-refractivity contribution is 6.11. The Labute approximate surface area is 277 Å². The van der Waals surface area contributed by atoms with Gasteiger partial charge in [-0.15, -0.1) is 0 Å². The van der Waals surface area contributed by atoms with E-state index >= 15 is 0 Å². The predicted molar refractivity (Wildman–Crippen MR) is 195 cm³/mol. The largest absolute Gasteiger partial charge is 0.309 e. The fourth-order valence-electron chi connectivity index (χ4n) is 7.40. The SMILES string of the molecule is N#Cc1ccc2c(c1)c1ccccc1n2-c1cccc(-c2ccccc2-c2ccccc2-n2c3ccccc3c3ccccc32)c1C#N. The Morgan fingerprint density at radius 1 is 0.354 bits per heavy atom. The molecule has 0 aliphatic carbocycles. The molecule has 48 heavy (non-hydrogen) atoms. The Morgan fingerprint density at radius 3 is 1.44 bits per heavy atom. The van der Waals surface area contributed by atoms with Crippen LogP contribution in [0.3, 0.4) is 0 Å². The molecule has 222 valence electrons. The van der Waals surface area contributed by atoms with E-state index in [2.05, 4.69) is 124 Å². The molecule has 0 aliphatic rings. The number of hydrogen-bond donors (Lipinski definition) is 0. The molecule has 0 radical (unpaired) electrons. The highest BCUT2D eigenvalue weighted by Gasteiger charge is 2.21. The Hall–Kier alpha value is -6.88. The fraction of sp³-hybridized carbons (Fsp3) is 0. The van der Waals surface area contributed by atoms with Crippen molar-refractivity contribution in [2.75, 3.05) is 0 Å². The molecule has 0 unspecified atom stereocenters. The number of fused-ring (bicyclic) bond motifs is 6. The molecule has 0 saturated carbocycles. The van der Waals surface area contributed by atoms with Crippen molar-refractivity contribution in [1.29, 1.82) is 10.5 Å². The molecule has 0 fully saturated rings. The van der Waals surface area contributed by atoms with Crippen molar-refractivity contribution in [1.82, 2.24) is 9.13 Å². The van der Waals surface area contributed by atoms with Crippen LogP contribution >= 0.6 is 0 Å². The van der Waals surface area contributed by atoms with Gasteiger partial charge in [-0.3, -0.25) is 0 Å². The van der Waals surface area contributed by atoms with Crippen molar-refractivity contribution in [3.63, 3.8) is 0 Å². The molecule has 9 rings (SSSR count). The van der Waals surface area contributed by atoms with E-state index in [-0.39, 0.29) is 0 Å². The van der Waals surface area contributed by atoms with E-state index in [1.807, 2.05) is 54.6 Å². The van der Waals surface area contributed by atoms with Crippen LogP contribution in [-0.2, 0) is 0 Å². The monoisotopic (exact) mass is 610 g/mol. The quantitative estimate of drug-likeness (QED) is 0.199. The first kappa shape index (κ1) is 27.4. The molecule has 4 nitrogen and oxygen atoms in total. The minimum Gasteiger partial charge on any atom is -0.309 e. The number of para-hydroxylation sites is 4. The van der Waals surface area contributed by atoms with Gasteiger partial charge in [0.2, 0.25) is 0 Å². The Bertz CT molecular complexity index is 2760. The third-order valence-corrected chi connectivity index (χ3v) is 9.43. The zero-order chi connectivity index (χ0) is 32.2. The van der Waals surface area contributed by atoms with E-state index in [1.165, 1.54) is 10.8 Å². The van der Waals surface area contributed by atoms with Gasteiger partial charge in [0.15, 0.2) is 0 Å². The van der Waals surface area contributed by atoms with E-state index < -0.39 is 0 Å². The van der Waals surface area contributed by atoms with Crippen LogP contribution < -0.4 is 0 Å². The van der Waals surface area contributed by atoms with Gasteiger partial charge in [0.1, 0.15) is 6.07 Å². The number of nitrogens with zero attached hydrogens (tertiary/aromatic N) is 4. The summed E-state index contributed by atoms with van der Waals surface area (Å²) in [6, 6.07) is 58.9. The lowest BCUT2D eigenvalue weighted by molar-refractivity contribution is 1.17. The Balaban J connectivity index is 1.30. The summed E-state index contributed by atoms with van der Waals surface area (Å²) in [7, 11) is 0. The molecule has 0 atom stereocenters. The molecule has 0 bridgehead atoms. The molecular weight excluding hydrogens is 585 g/mol. The Kier molecular flexibility index (Phi) is 6.22. The van der Waals surface area contributed by atoms with Gasteiger partial charge in [0.05, 0.1) is 50.6 Å². The highest BCUT2D eigenvalue weighted by atomic mass is 15.0. The molecule has 0 aliphatic heterocycles. The molecule has 0 amide bonds. The summed E-state index contributed by atoms with van der Waals surface area (Å²) in [5.41, 5.74) is 11.3. The zero-order valence-electron chi connectivity index (χ0n) is 25.8. The first-order valence-corrected chi connectivity index (χ1v) is 15.9. The first-order chi connectivity index (χ1) is 23.8. The maximum atomic E-state index is 10.9. The smallest absolute Gasteiger partial charge is 0.102 e. The molecule has 0 spiro atoms. The third-order valence-electron chi connectivity index (χ3n) is 9.43. The van der Waals surface area contributed by atoms with Gasteiger partial charge in [-0.1, -0.05) is 109 Å². The van der Waals surface area contributed by atoms with Crippen molar-refractivity contribution in [2.24, 2.45) is 0 Å². The summed E-state index contributed by atoms with van der Waals surface area (Å²) in [5.74, 6) is 0. The summed E-state index contributed by atoms with van der Waals surface area (Å²) in [6.07, 6.45) is 0. The number of rotatable bonds is 4. The molecule has 0 saturated heterocycles. The molecule has 2 heterocycles. The number of aromatic nitrogens is 2. The van der Waals surface area contributed by atoms with Crippen LogP contribution in [0, 0.1) is 22.7 Å². The van der Waals surface area contributed by atoms with Crippen molar-refractivity contribution < 1.29 is 0 Å². The van der Waals surface area contributed by atoms with E-state index in [9.17, 15) is 10.5 Å². The lowest BCUT2D eigenvalue weighted by atomic mass is 9.90. The topological polar surface area (TPSA) is 57.4 Å². The van der Waals surface area contributed by atoms with Crippen LogP contribution in [0.1, 0.15) is 11.1 Å². The number of benzene rings is 7. The summed E-state index contributed by atoms with van der Waals surface area (Å²) in [4.78, 5) is 0. The van der Waals surface area contributed by atoms with Crippen LogP contribution in [0.2, 0.25) is 0 Å². The molecule has 0 N–H and O–H groups in total. The van der Waals surface area contributed by atoms with E-state index in [4.69, 9.17) is 0 Å². The molecular formula is C44H26N4. The standard InChI is InChI=1S/C44H26N4/c45-27-29-24-25-44-37(26-29)36-17-6-10-22-42(36)48(44)43-23-11-18-32(38(43)28-46)30-12-1-2-13-31(30)33-14-3-7-19-39(33)47-40-20-8-4-15-34(40)35-16-5-9-21-41(35)47/h1-26H. The van der Waals surface area contributed by atoms with Gasteiger partial charge in [0, 0.05) is 32.7 Å². The van der Waals surface area contributed by atoms with Gasteiger partial charge in [-0.2, -0.15) is 10.5 Å². The van der Waals surface area contributed by atoms with Gasteiger partial charge in [-0.05, 0) is 59.7 Å². The fourth-order valence-corrected chi connectivity index (χ4v) is 7.40. The lowest BCUT2D eigenvalue weighted by Crippen LogP contribution is -2.01. The van der Waals surface area contributed by atoms with Crippen molar-refractivity contribution in [3.8, 4) is 45.8 Å². The van der Waals surface area contributed by atoms with Gasteiger partial charge >= 0.3 is 0 Å². The second-order valence-electron chi connectivity index (χ2n) is 11.9. The average Bonchev–Trinajstić information content (AvgIpc) is 3.67. The summed E-state index contributed by atoms with van der Waals surface area (Å²) in [5, 5.41) is 25.0. The molecule has 4 heteroatoms. The van der Waals surface area contributed by atoms with E-state index in [0.29, 0.717) is 11.1 Å². The predicted octanol–water partition coefficient (Wildman–Crippen LogP) is 11.0. The normalized spacial score (nSPS) is 11.3. The second kappa shape index (κ2) is 10.9. The lowest BCUT2D eigenvalue weighted by Gasteiger charge is -2.18. The molecule has 2 aromatic heterocycles. The average molecular weight is 611 g/mol. The van der Waals surface area contributed by atoms with Crippen molar-refractivity contribution in [2.45, 2.75) is 0 Å². The molecule has 9 aromatic rings. The maximum absolute atomic E-state index is 10.9. The summed E-state index contributed by atoms with van der Waals surface area (Å²) in [6.45, 7) is 0. The van der Waals surface area contributed by atoms with Crippen LogP contribution in [0.25, 0.3) is 77.2 Å². The van der Waals surface area contributed by atoms with Gasteiger partial charge in [0.25, 0.3) is 0 Å². The van der Waals surface area contributed by atoms with Crippen LogP contribution in [0.5, 0.6) is 0 Å². The Morgan fingerprint density at radius 2 is 0.812 bits per heavy atom. The highest BCUT2D eigenvalue weighted by Crippen LogP contribution is 2.42. The van der Waals surface area contributed by atoms with E-state index in [0.717, 1.165) is 66.5 Å². The van der Waals surface area contributed by atoms with Crippen LogP contribution in [0.4, 0.5) is 0 Å². The van der Waals surface area contributed by atoms with Crippen LogP contribution in [0.15, 0.2) is 158 Å².